The topological polar surface area (TPSA) is 60.0 Å². The maximum absolute atomic E-state index is 12.3. The van der Waals surface area contributed by atoms with E-state index in [0.29, 0.717) is 18.9 Å². The molecule has 6 heteroatoms. The van der Waals surface area contributed by atoms with Crippen molar-refractivity contribution in [2.24, 2.45) is 0 Å². The molecule has 1 aromatic rings. The number of carbonyl (C=O) groups excluding carboxylic acids is 1. The number of carbonyl (C=O) groups is 1. The lowest BCUT2D eigenvalue weighted by atomic mass is 10.1. The van der Waals surface area contributed by atoms with Gasteiger partial charge in [-0.2, -0.15) is 0 Å². The van der Waals surface area contributed by atoms with Crippen LogP contribution in [0.2, 0.25) is 0 Å². The highest BCUT2D eigenvalue weighted by Crippen LogP contribution is 2.19. The number of nitrogens with one attached hydrogen (secondary N) is 1. The smallest absolute Gasteiger partial charge is 0.413 e. The van der Waals surface area contributed by atoms with Gasteiger partial charge in [0.2, 0.25) is 0 Å². The van der Waals surface area contributed by atoms with E-state index in [1.165, 1.54) is 25.7 Å². The SMILES string of the molecule is CCCCCCOc1cccc(NC(=O)OC(COC)N2CCCCC2)c1. The van der Waals surface area contributed by atoms with Crippen molar-refractivity contribution in [2.75, 3.05) is 38.7 Å². The summed E-state index contributed by atoms with van der Waals surface area (Å²) in [5, 5.41) is 2.80. The molecule has 1 aliphatic rings. The van der Waals surface area contributed by atoms with Gasteiger partial charge in [-0.1, -0.05) is 38.7 Å². The first-order chi connectivity index (χ1) is 13.2. The van der Waals surface area contributed by atoms with E-state index in [9.17, 15) is 4.79 Å². The number of rotatable bonds is 11. The predicted octanol–water partition coefficient (Wildman–Crippen LogP) is 4.65. The van der Waals surface area contributed by atoms with E-state index in [2.05, 4.69) is 17.1 Å². The first-order valence-corrected chi connectivity index (χ1v) is 10.2. The summed E-state index contributed by atoms with van der Waals surface area (Å²) < 4.78 is 16.6. The average Bonchev–Trinajstić information content (AvgIpc) is 2.68. The van der Waals surface area contributed by atoms with Crippen molar-refractivity contribution in [2.45, 2.75) is 58.1 Å². The van der Waals surface area contributed by atoms with E-state index in [4.69, 9.17) is 14.2 Å². The zero-order valence-electron chi connectivity index (χ0n) is 16.7. The summed E-state index contributed by atoms with van der Waals surface area (Å²) in [6.45, 7) is 5.12. The molecule has 0 saturated carbocycles. The fourth-order valence-electron chi connectivity index (χ4n) is 3.22. The van der Waals surface area contributed by atoms with Crippen molar-refractivity contribution >= 4 is 11.8 Å². The normalized spacial score (nSPS) is 15.9. The molecule has 0 radical (unpaired) electrons. The van der Waals surface area contributed by atoms with Crippen LogP contribution in [0.25, 0.3) is 0 Å². The van der Waals surface area contributed by atoms with Crippen molar-refractivity contribution < 1.29 is 19.0 Å². The Morgan fingerprint density at radius 3 is 2.74 bits per heavy atom. The Morgan fingerprint density at radius 2 is 2.00 bits per heavy atom. The largest absolute Gasteiger partial charge is 0.494 e. The van der Waals surface area contributed by atoms with Gasteiger partial charge in [-0.15, -0.1) is 0 Å². The molecule has 1 amide bonds. The second-order valence-corrected chi connectivity index (χ2v) is 6.97. The summed E-state index contributed by atoms with van der Waals surface area (Å²) in [6, 6.07) is 7.43. The molecule has 1 unspecified atom stereocenters. The first-order valence-electron chi connectivity index (χ1n) is 10.2. The highest BCUT2D eigenvalue weighted by Gasteiger charge is 2.24. The molecule has 1 heterocycles. The summed E-state index contributed by atoms with van der Waals surface area (Å²) in [4.78, 5) is 14.5. The van der Waals surface area contributed by atoms with Crippen LogP contribution in [0.4, 0.5) is 10.5 Å². The summed E-state index contributed by atoms with van der Waals surface area (Å²) >= 11 is 0. The number of methoxy groups -OCH3 is 1. The minimum Gasteiger partial charge on any atom is -0.494 e. The Labute approximate surface area is 163 Å². The van der Waals surface area contributed by atoms with Crippen molar-refractivity contribution in [3.8, 4) is 5.75 Å². The van der Waals surface area contributed by atoms with Gasteiger partial charge in [0.15, 0.2) is 6.23 Å². The fourth-order valence-corrected chi connectivity index (χ4v) is 3.22. The van der Waals surface area contributed by atoms with Crippen LogP contribution in [-0.4, -0.2) is 50.6 Å². The Balaban J connectivity index is 1.81. The number of piperidine rings is 1. The molecule has 1 N–H and O–H groups in total. The van der Waals surface area contributed by atoms with Crippen molar-refractivity contribution in [1.82, 2.24) is 4.90 Å². The molecule has 0 spiro atoms. The summed E-state index contributed by atoms with van der Waals surface area (Å²) in [6.07, 6.45) is 7.33. The van der Waals surface area contributed by atoms with Crippen LogP contribution in [0, 0.1) is 0 Å². The van der Waals surface area contributed by atoms with Crippen LogP contribution in [0.15, 0.2) is 24.3 Å². The van der Waals surface area contributed by atoms with Gasteiger partial charge < -0.3 is 14.2 Å². The van der Waals surface area contributed by atoms with Crippen LogP contribution < -0.4 is 10.1 Å². The Morgan fingerprint density at radius 1 is 1.19 bits per heavy atom. The molecule has 1 aromatic carbocycles. The third-order valence-corrected chi connectivity index (χ3v) is 4.70. The lowest BCUT2D eigenvalue weighted by Gasteiger charge is -2.33. The van der Waals surface area contributed by atoms with Gasteiger partial charge in [-0.25, -0.2) is 4.79 Å². The van der Waals surface area contributed by atoms with Crippen LogP contribution in [0.5, 0.6) is 5.75 Å². The summed E-state index contributed by atoms with van der Waals surface area (Å²) in [5.41, 5.74) is 0.667. The van der Waals surface area contributed by atoms with Gasteiger partial charge in [-0.3, -0.25) is 10.2 Å². The van der Waals surface area contributed by atoms with E-state index >= 15 is 0 Å². The standard InChI is InChI=1S/C21H34N2O4/c1-3-4-5-9-15-26-19-12-10-11-18(16-19)22-21(24)27-20(17-25-2)23-13-7-6-8-14-23/h10-12,16,20H,3-9,13-15,17H2,1-2H3,(H,22,24). The highest BCUT2D eigenvalue weighted by molar-refractivity contribution is 5.84. The Hall–Kier alpha value is -1.79. The molecular weight excluding hydrogens is 344 g/mol. The van der Waals surface area contributed by atoms with E-state index in [-0.39, 0.29) is 6.23 Å². The minimum absolute atomic E-state index is 0.353. The average molecular weight is 379 g/mol. The number of ether oxygens (including phenoxy) is 3. The molecule has 0 bridgehead atoms. The van der Waals surface area contributed by atoms with Gasteiger partial charge in [0.05, 0.1) is 13.2 Å². The van der Waals surface area contributed by atoms with Crippen LogP contribution in [0.3, 0.4) is 0 Å². The second kappa shape index (κ2) is 12.6. The molecule has 0 aromatic heterocycles. The lowest BCUT2D eigenvalue weighted by molar-refractivity contribution is -0.0586. The van der Waals surface area contributed by atoms with Gasteiger partial charge in [0.25, 0.3) is 0 Å². The molecule has 27 heavy (non-hydrogen) atoms. The van der Waals surface area contributed by atoms with Crippen molar-refractivity contribution in [3.05, 3.63) is 24.3 Å². The number of likely N-dealkylation sites (tertiary alicyclic amines) is 1. The van der Waals surface area contributed by atoms with E-state index in [1.54, 1.807) is 7.11 Å². The third kappa shape index (κ3) is 8.18. The molecular formula is C21H34N2O4. The number of benzene rings is 1. The number of unbranched alkanes of at least 4 members (excludes halogenated alkanes) is 3. The van der Waals surface area contributed by atoms with Crippen molar-refractivity contribution in [3.63, 3.8) is 0 Å². The van der Waals surface area contributed by atoms with Gasteiger partial charge in [-0.05, 0) is 31.4 Å². The monoisotopic (exact) mass is 378 g/mol. The molecule has 1 fully saturated rings. The van der Waals surface area contributed by atoms with Crippen LogP contribution in [-0.2, 0) is 9.47 Å². The number of hydrogen-bond acceptors (Lipinski definition) is 5. The summed E-state index contributed by atoms with van der Waals surface area (Å²) in [5.74, 6) is 0.758. The second-order valence-electron chi connectivity index (χ2n) is 6.97. The summed E-state index contributed by atoms with van der Waals surface area (Å²) in [7, 11) is 1.62. The number of amides is 1. The van der Waals surface area contributed by atoms with Gasteiger partial charge in [0, 0.05) is 32.0 Å². The highest BCUT2D eigenvalue weighted by atomic mass is 16.6. The first kappa shape index (κ1) is 21.5. The number of nitrogens with zero attached hydrogens (tertiary/aromatic N) is 1. The number of anilines is 1. The quantitative estimate of drug-likeness (QED) is 0.568. The zero-order valence-corrected chi connectivity index (χ0v) is 16.7. The van der Waals surface area contributed by atoms with Crippen LogP contribution >= 0.6 is 0 Å². The minimum atomic E-state index is -0.470. The third-order valence-electron chi connectivity index (χ3n) is 4.70. The number of hydrogen-bond donors (Lipinski definition) is 1. The van der Waals surface area contributed by atoms with E-state index in [1.807, 2.05) is 24.3 Å². The fraction of sp³-hybridized carbons (Fsp3) is 0.667. The molecule has 1 atom stereocenters. The van der Waals surface area contributed by atoms with Crippen LogP contribution in [0.1, 0.15) is 51.9 Å². The van der Waals surface area contributed by atoms with Gasteiger partial charge in [0.1, 0.15) is 5.75 Å². The van der Waals surface area contributed by atoms with Gasteiger partial charge >= 0.3 is 6.09 Å². The molecule has 1 saturated heterocycles. The van der Waals surface area contributed by atoms with Crippen molar-refractivity contribution in [1.29, 1.82) is 0 Å². The predicted molar refractivity (Wildman–Crippen MR) is 107 cm³/mol. The van der Waals surface area contributed by atoms with E-state index in [0.717, 1.165) is 38.1 Å². The lowest BCUT2D eigenvalue weighted by Crippen LogP contribution is -2.45. The molecule has 2 rings (SSSR count). The Kier molecular flexibility index (Phi) is 10.0. The maximum atomic E-state index is 12.3. The molecule has 1 aliphatic heterocycles. The van der Waals surface area contributed by atoms with E-state index < -0.39 is 6.09 Å². The zero-order chi connectivity index (χ0) is 19.3. The molecule has 6 nitrogen and oxygen atoms in total. The molecule has 152 valence electrons. The Bertz CT molecular complexity index is 547. The molecule has 0 aliphatic carbocycles. The maximum Gasteiger partial charge on any atom is 0.413 e.